The van der Waals surface area contributed by atoms with Crippen LogP contribution in [0.25, 0.3) is 11.0 Å². The van der Waals surface area contributed by atoms with Crippen LogP contribution in [0.3, 0.4) is 0 Å². The Morgan fingerprint density at radius 1 is 1.19 bits per heavy atom. The molecule has 1 amide bonds. The molecule has 0 unspecified atom stereocenters. The van der Waals surface area contributed by atoms with Gasteiger partial charge in [-0.15, -0.1) is 0 Å². The maximum atomic E-state index is 12.7. The molecule has 1 aromatic carbocycles. The Kier molecular flexibility index (Phi) is 6.63. The molecule has 0 radical (unpaired) electrons. The quantitative estimate of drug-likeness (QED) is 0.757. The van der Waals surface area contributed by atoms with E-state index in [9.17, 15) is 9.59 Å². The highest BCUT2D eigenvalue weighted by Crippen LogP contribution is 2.20. The van der Waals surface area contributed by atoms with Gasteiger partial charge >= 0.3 is 5.63 Å². The first-order chi connectivity index (χ1) is 13.1. The molecule has 1 aliphatic heterocycles. The number of nitrogens with zero attached hydrogens (tertiary/aromatic N) is 1. The third-order valence-electron chi connectivity index (χ3n) is 5.47. The van der Waals surface area contributed by atoms with Crippen LogP contribution in [-0.4, -0.2) is 49.7 Å². The Balaban J connectivity index is 1.75. The van der Waals surface area contributed by atoms with Crippen molar-refractivity contribution < 1.29 is 13.9 Å². The topological polar surface area (TPSA) is 71.8 Å². The van der Waals surface area contributed by atoms with Gasteiger partial charge in [0.05, 0.1) is 13.2 Å². The van der Waals surface area contributed by atoms with E-state index in [1.807, 2.05) is 12.1 Å². The molecule has 3 rings (SSSR count). The third kappa shape index (κ3) is 4.57. The van der Waals surface area contributed by atoms with Gasteiger partial charge in [-0.1, -0.05) is 44.9 Å². The Hall–Kier alpha value is -2.18. The number of ether oxygens (including phenoxy) is 1. The van der Waals surface area contributed by atoms with E-state index in [4.69, 9.17) is 9.15 Å². The first kappa shape index (κ1) is 19.6. The van der Waals surface area contributed by atoms with Crippen LogP contribution >= 0.6 is 0 Å². The molecule has 27 heavy (non-hydrogen) atoms. The zero-order valence-electron chi connectivity index (χ0n) is 16.1. The number of benzene rings is 1. The molecule has 0 bridgehead atoms. The number of nitrogens with one attached hydrogen (secondary N) is 1. The summed E-state index contributed by atoms with van der Waals surface area (Å²) in [4.78, 5) is 27.3. The Morgan fingerprint density at radius 2 is 1.89 bits per heavy atom. The van der Waals surface area contributed by atoms with Crippen molar-refractivity contribution in [3.8, 4) is 0 Å². The number of para-hydroxylation sites is 1. The zero-order valence-corrected chi connectivity index (χ0v) is 16.1. The summed E-state index contributed by atoms with van der Waals surface area (Å²) in [6, 6.07) is 9.05. The normalized spacial score (nSPS) is 16.6. The molecule has 0 spiro atoms. The molecule has 1 aliphatic rings. The number of hydrogen-bond donors (Lipinski definition) is 1. The third-order valence-corrected chi connectivity index (χ3v) is 5.47. The molecular formula is C21H28N2O4. The molecule has 6 nitrogen and oxygen atoms in total. The highest BCUT2D eigenvalue weighted by molar-refractivity contribution is 5.96. The Bertz CT molecular complexity index is 822. The highest BCUT2D eigenvalue weighted by Gasteiger charge is 2.27. The summed E-state index contributed by atoms with van der Waals surface area (Å²) < 4.78 is 10.7. The van der Waals surface area contributed by atoms with Crippen LogP contribution in [0.4, 0.5) is 0 Å². The summed E-state index contributed by atoms with van der Waals surface area (Å²) in [6.07, 6.45) is 2.10. The maximum Gasteiger partial charge on any atom is 0.349 e. The van der Waals surface area contributed by atoms with Crippen LogP contribution in [0.1, 0.15) is 37.0 Å². The van der Waals surface area contributed by atoms with Crippen molar-refractivity contribution in [2.75, 3.05) is 32.8 Å². The summed E-state index contributed by atoms with van der Waals surface area (Å²) in [5.74, 6) is 0.107. The van der Waals surface area contributed by atoms with E-state index < -0.39 is 5.63 Å². The molecule has 0 saturated carbocycles. The van der Waals surface area contributed by atoms with Gasteiger partial charge < -0.3 is 14.5 Å². The lowest BCUT2D eigenvalue weighted by atomic mass is 9.92. The molecule has 1 fully saturated rings. The molecule has 1 N–H and O–H groups in total. The van der Waals surface area contributed by atoms with Crippen molar-refractivity contribution in [3.63, 3.8) is 0 Å². The first-order valence-corrected chi connectivity index (χ1v) is 9.77. The van der Waals surface area contributed by atoms with Crippen molar-refractivity contribution in [3.05, 3.63) is 46.3 Å². The summed E-state index contributed by atoms with van der Waals surface area (Å²) in [5.41, 5.74) is -0.0575. The lowest BCUT2D eigenvalue weighted by molar-refractivity contribution is 0.00190. The minimum absolute atomic E-state index is 0.0546. The lowest BCUT2D eigenvalue weighted by Gasteiger charge is -2.38. The van der Waals surface area contributed by atoms with Crippen molar-refractivity contribution in [1.29, 1.82) is 0 Å². The van der Waals surface area contributed by atoms with Gasteiger partial charge in [0.1, 0.15) is 11.1 Å². The minimum Gasteiger partial charge on any atom is -0.422 e. The van der Waals surface area contributed by atoms with Crippen molar-refractivity contribution >= 4 is 16.9 Å². The average Bonchev–Trinajstić information content (AvgIpc) is 2.71. The second kappa shape index (κ2) is 9.15. The van der Waals surface area contributed by atoms with Crippen LogP contribution in [0.5, 0.6) is 0 Å². The van der Waals surface area contributed by atoms with Gasteiger partial charge in [0.15, 0.2) is 0 Å². The van der Waals surface area contributed by atoms with E-state index in [0.717, 1.165) is 44.5 Å². The first-order valence-electron chi connectivity index (χ1n) is 9.77. The van der Waals surface area contributed by atoms with Crippen LogP contribution in [0.2, 0.25) is 0 Å². The number of rotatable bonds is 7. The number of fused-ring (bicyclic) bond motifs is 1. The van der Waals surface area contributed by atoms with Gasteiger partial charge in [-0.2, -0.15) is 0 Å². The molecule has 2 aromatic rings. The molecule has 1 aromatic heterocycles. The number of carbonyl (C=O) groups excluding carboxylic acids is 1. The van der Waals surface area contributed by atoms with Crippen molar-refractivity contribution in [2.45, 2.75) is 32.7 Å². The van der Waals surface area contributed by atoms with Crippen molar-refractivity contribution in [1.82, 2.24) is 10.2 Å². The van der Waals surface area contributed by atoms with Gasteiger partial charge in [-0.3, -0.25) is 9.69 Å². The standard InChI is InChI=1S/C21H28N2O4/c1-3-15(4-2)18(23-9-11-26-12-10-23)14-22-20(24)17-13-16-7-5-6-8-19(16)27-21(17)25/h5-8,13,15,18H,3-4,9-12,14H2,1-2H3,(H,22,24)/t18-/m1/s1. The second-order valence-electron chi connectivity index (χ2n) is 6.99. The minimum atomic E-state index is -0.600. The van der Waals surface area contributed by atoms with E-state index in [0.29, 0.717) is 18.0 Å². The molecule has 2 heterocycles. The number of amides is 1. The van der Waals surface area contributed by atoms with Crippen LogP contribution in [0, 0.1) is 5.92 Å². The van der Waals surface area contributed by atoms with Gasteiger partial charge in [0.2, 0.25) is 0 Å². The monoisotopic (exact) mass is 372 g/mol. The molecular weight excluding hydrogens is 344 g/mol. The predicted octanol–water partition coefficient (Wildman–Crippen LogP) is 2.66. The van der Waals surface area contributed by atoms with Gasteiger partial charge in [0.25, 0.3) is 5.91 Å². The smallest absolute Gasteiger partial charge is 0.349 e. The fourth-order valence-electron chi connectivity index (χ4n) is 3.85. The van der Waals surface area contributed by atoms with Gasteiger partial charge in [0, 0.05) is 31.1 Å². The number of morpholine rings is 1. The van der Waals surface area contributed by atoms with Crippen molar-refractivity contribution in [2.24, 2.45) is 5.92 Å². The average molecular weight is 372 g/mol. The molecule has 0 aliphatic carbocycles. The largest absolute Gasteiger partial charge is 0.422 e. The van der Waals surface area contributed by atoms with Crippen LogP contribution in [0.15, 0.2) is 39.5 Å². The predicted molar refractivity (Wildman–Crippen MR) is 105 cm³/mol. The SMILES string of the molecule is CCC(CC)[C@@H](CNC(=O)c1cc2ccccc2oc1=O)N1CCOCC1. The van der Waals surface area contributed by atoms with Crippen LogP contribution < -0.4 is 10.9 Å². The zero-order chi connectivity index (χ0) is 19.2. The Labute approximate surface area is 159 Å². The van der Waals surface area contributed by atoms with E-state index in [-0.39, 0.29) is 17.5 Å². The number of hydrogen-bond acceptors (Lipinski definition) is 5. The second-order valence-corrected chi connectivity index (χ2v) is 6.99. The van der Waals surface area contributed by atoms with Crippen LogP contribution in [-0.2, 0) is 4.74 Å². The fraction of sp³-hybridized carbons (Fsp3) is 0.524. The van der Waals surface area contributed by atoms with E-state index in [1.54, 1.807) is 18.2 Å². The molecule has 1 atom stereocenters. The summed E-state index contributed by atoms with van der Waals surface area (Å²) in [5, 5.41) is 3.71. The van der Waals surface area contributed by atoms with Gasteiger partial charge in [-0.25, -0.2) is 4.79 Å². The Morgan fingerprint density at radius 3 is 2.59 bits per heavy atom. The fourth-order valence-corrected chi connectivity index (χ4v) is 3.85. The lowest BCUT2D eigenvalue weighted by Crippen LogP contribution is -2.52. The van der Waals surface area contributed by atoms with E-state index >= 15 is 0 Å². The van der Waals surface area contributed by atoms with E-state index in [2.05, 4.69) is 24.1 Å². The molecule has 146 valence electrons. The highest BCUT2D eigenvalue weighted by atomic mass is 16.5. The van der Waals surface area contributed by atoms with E-state index in [1.165, 1.54) is 0 Å². The number of carbonyl (C=O) groups is 1. The van der Waals surface area contributed by atoms with Gasteiger partial charge in [-0.05, 0) is 18.1 Å². The summed E-state index contributed by atoms with van der Waals surface area (Å²) in [7, 11) is 0. The molecule has 6 heteroatoms. The maximum absolute atomic E-state index is 12.7. The molecule has 1 saturated heterocycles. The summed E-state index contributed by atoms with van der Waals surface area (Å²) >= 11 is 0. The summed E-state index contributed by atoms with van der Waals surface area (Å²) in [6.45, 7) is 8.06.